The summed E-state index contributed by atoms with van der Waals surface area (Å²) in [7, 11) is 1.62. The fourth-order valence-electron chi connectivity index (χ4n) is 2.17. The van der Waals surface area contributed by atoms with Crippen LogP contribution in [-0.2, 0) is 0 Å². The average molecular weight is 326 g/mol. The van der Waals surface area contributed by atoms with Crippen LogP contribution in [0.4, 0.5) is 5.95 Å². The van der Waals surface area contributed by atoms with Crippen LogP contribution in [0.2, 0.25) is 0 Å². The lowest BCUT2D eigenvalue weighted by Gasteiger charge is -2.32. The monoisotopic (exact) mass is 325 g/mol. The number of anilines is 1. The third-order valence-electron chi connectivity index (χ3n) is 3.35. The Kier molecular flexibility index (Phi) is 4.13. The van der Waals surface area contributed by atoms with Crippen LogP contribution in [0, 0.1) is 5.41 Å². The Bertz CT molecular complexity index is 494. The van der Waals surface area contributed by atoms with Crippen LogP contribution in [0.1, 0.15) is 27.2 Å². The lowest BCUT2D eigenvalue weighted by Crippen LogP contribution is -2.32. The molecule has 2 rings (SSSR count). The van der Waals surface area contributed by atoms with E-state index in [1.54, 1.807) is 13.3 Å². The van der Waals surface area contributed by atoms with Gasteiger partial charge in [0, 0.05) is 13.1 Å². The van der Waals surface area contributed by atoms with E-state index in [1.165, 1.54) is 5.57 Å². The van der Waals surface area contributed by atoms with Gasteiger partial charge in [-0.25, -0.2) is 4.98 Å². The molecule has 1 aliphatic heterocycles. The summed E-state index contributed by atoms with van der Waals surface area (Å²) in [5, 5.41) is 0. The normalized spacial score (nSPS) is 16.3. The van der Waals surface area contributed by atoms with E-state index in [4.69, 9.17) is 4.74 Å². The van der Waals surface area contributed by atoms with Crippen molar-refractivity contribution in [3.8, 4) is 5.88 Å². The molecule has 0 bridgehead atoms. The highest BCUT2D eigenvalue weighted by molar-refractivity contribution is 9.10. The fourth-order valence-corrected chi connectivity index (χ4v) is 2.52. The molecule has 0 N–H and O–H groups in total. The van der Waals surface area contributed by atoms with Crippen LogP contribution in [-0.4, -0.2) is 30.2 Å². The summed E-state index contributed by atoms with van der Waals surface area (Å²) in [5.74, 6) is 1.31. The average Bonchev–Trinajstić information content (AvgIpc) is 2.38. The second-order valence-electron chi connectivity index (χ2n) is 5.70. The second kappa shape index (κ2) is 5.49. The molecule has 104 valence electrons. The third kappa shape index (κ3) is 3.26. The first-order valence-corrected chi connectivity index (χ1v) is 7.22. The molecule has 4 nitrogen and oxygen atoms in total. The number of rotatable bonds is 2. The molecule has 2 heterocycles. The molecule has 0 aliphatic carbocycles. The summed E-state index contributed by atoms with van der Waals surface area (Å²) in [4.78, 5) is 10.9. The van der Waals surface area contributed by atoms with Crippen molar-refractivity contribution < 1.29 is 4.74 Å². The van der Waals surface area contributed by atoms with Crippen molar-refractivity contribution >= 4 is 21.9 Å². The Morgan fingerprint density at radius 3 is 2.63 bits per heavy atom. The lowest BCUT2D eigenvalue weighted by molar-refractivity contribution is 0.393. The minimum atomic E-state index is 0.254. The highest BCUT2D eigenvalue weighted by atomic mass is 79.9. The standard InChI is InChI=1S/C14H20BrN3O/c1-14(2,3)10-5-7-18(8-6-10)13-16-9-11(15)12(17-13)19-4/h5,9H,6-8H2,1-4H3. The zero-order valence-corrected chi connectivity index (χ0v) is 13.5. The van der Waals surface area contributed by atoms with Gasteiger partial charge in [0.1, 0.15) is 0 Å². The van der Waals surface area contributed by atoms with Crippen molar-refractivity contribution in [3.63, 3.8) is 0 Å². The maximum atomic E-state index is 5.21. The van der Waals surface area contributed by atoms with Gasteiger partial charge in [0.2, 0.25) is 11.8 Å². The number of nitrogens with zero attached hydrogens (tertiary/aromatic N) is 3. The molecule has 1 aromatic heterocycles. The van der Waals surface area contributed by atoms with Crippen LogP contribution in [0.5, 0.6) is 5.88 Å². The van der Waals surface area contributed by atoms with E-state index in [9.17, 15) is 0 Å². The molecule has 0 fully saturated rings. The van der Waals surface area contributed by atoms with Crippen LogP contribution in [0.25, 0.3) is 0 Å². The summed E-state index contributed by atoms with van der Waals surface area (Å²) >= 11 is 3.37. The molecule has 0 amide bonds. The predicted molar refractivity (Wildman–Crippen MR) is 80.7 cm³/mol. The second-order valence-corrected chi connectivity index (χ2v) is 6.56. The molecule has 1 aliphatic rings. The van der Waals surface area contributed by atoms with Crippen LogP contribution < -0.4 is 9.64 Å². The zero-order chi connectivity index (χ0) is 14.0. The molecule has 0 unspecified atom stereocenters. The van der Waals surface area contributed by atoms with Gasteiger partial charge < -0.3 is 9.64 Å². The van der Waals surface area contributed by atoms with Crippen molar-refractivity contribution in [2.75, 3.05) is 25.1 Å². The van der Waals surface area contributed by atoms with Gasteiger partial charge in [0.05, 0.1) is 17.8 Å². The molecule has 5 heteroatoms. The zero-order valence-electron chi connectivity index (χ0n) is 11.9. The van der Waals surface area contributed by atoms with Crippen molar-refractivity contribution in [2.45, 2.75) is 27.2 Å². The van der Waals surface area contributed by atoms with Gasteiger partial charge in [-0.3, -0.25) is 0 Å². The summed E-state index contributed by atoms with van der Waals surface area (Å²) < 4.78 is 5.99. The molecule has 0 saturated carbocycles. The van der Waals surface area contributed by atoms with Gasteiger partial charge in [-0.05, 0) is 27.8 Å². The van der Waals surface area contributed by atoms with E-state index in [0.29, 0.717) is 5.88 Å². The first-order chi connectivity index (χ1) is 8.91. The first kappa shape index (κ1) is 14.3. The molecule has 0 saturated heterocycles. The SMILES string of the molecule is COc1nc(N2CC=C(C(C)(C)C)CC2)ncc1Br. The molecule has 19 heavy (non-hydrogen) atoms. The third-order valence-corrected chi connectivity index (χ3v) is 3.89. The van der Waals surface area contributed by atoms with Crippen LogP contribution >= 0.6 is 15.9 Å². The van der Waals surface area contributed by atoms with E-state index in [0.717, 1.165) is 29.9 Å². The molecule has 0 aromatic carbocycles. The molecular weight excluding hydrogens is 306 g/mol. The van der Waals surface area contributed by atoms with Gasteiger partial charge in [0.25, 0.3) is 0 Å². The Hall–Kier alpha value is -1.10. The maximum absolute atomic E-state index is 5.21. The van der Waals surface area contributed by atoms with Gasteiger partial charge >= 0.3 is 0 Å². The van der Waals surface area contributed by atoms with Crippen LogP contribution in [0.15, 0.2) is 22.3 Å². The number of halogens is 1. The number of ether oxygens (including phenoxy) is 1. The number of aromatic nitrogens is 2. The van der Waals surface area contributed by atoms with Crippen LogP contribution in [0.3, 0.4) is 0 Å². The molecular formula is C14H20BrN3O. The Labute approximate surface area is 123 Å². The van der Waals surface area contributed by atoms with Gasteiger partial charge in [-0.2, -0.15) is 4.98 Å². The Morgan fingerprint density at radius 1 is 1.37 bits per heavy atom. The van der Waals surface area contributed by atoms with Crippen molar-refractivity contribution in [2.24, 2.45) is 5.41 Å². The number of hydrogen-bond acceptors (Lipinski definition) is 4. The minimum Gasteiger partial charge on any atom is -0.480 e. The van der Waals surface area contributed by atoms with Gasteiger partial charge in [-0.15, -0.1) is 0 Å². The van der Waals surface area contributed by atoms with Crippen molar-refractivity contribution in [1.82, 2.24) is 9.97 Å². The molecule has 0 atom stereocenters. The van der Waals surface area contributed by atoms with Crippen molar-refractivity contribution in [3.05, 3.63) is 22.3 Å². The number of hydrogen-bond donors (Lipinski definition) is 0. The van der Waals surface area contributed by atoms with E-state index in [1.807, 2.05) is 0 Å². The van der Waals surface area contributed by atoms with Gasteiger partial charge in [-0.1, -0.05) is 32.4 Å². The summed E-state index contributed by atoms with van der Waals surface area (Å²) in [5.41, 5.74) is 1.76. The Balaban J connectivity index is 2.16. The minimum absolute atomic E-state index is 0.254. The first-order valence-electron chi connectivity index (χ1n) is 6.43. The summed E-state index contributed by atoms with van der Waals surface area (Å²) in [6.45, 7) is 8.58. The molecule has 0 radical (unpaired) electrons. The smallest absolute Gasteiger partial charge is 0.232 e. The topological polar surface area (TPSA) is 38.2 Å². The van der Waals surface area contributed by atoms with E-state index < -0.39 is 0 Å². The predicted octanol–water partition coefficient (Wildman–Crippen LogP) is 3.43. The molecule has 1 aromatic rings. The highest BCUT2D eigenvalue weighted by Crippen LogP contribution is 2.31. The Morgan fingerprint density at radius 2 is 2.11 bits per heavy atom. The fraction of sp³-hybridized carbons (Fsp3) is 0.571. The van der Waals surface area contributed by atoms with Gasteiger partial charge in [0.15, 0.2) is 0 Å². The summed E-state index contributed by atoms with van der Waals surface area (Å²) in [6.07, 6.45) is 5.09. The number of methoxy groups -OCH3 is 1. The quantitative estimate of drug-likeness (QED) is 0.781. The van der Waals surface area contributed by atoms with E-state index >= 15 is 0 Å². The maximum Gasteiger partial charge on any atom is 0.232 e. The molecule has 0 spiro atoms. The lowest BCUT2D eigenvalue weighted by atomic mass is 9.83. The van der Waals surface area contributed by atoms with E-state index in [-0.39, 0.29) is 5.41 Å². The largest absolute Gasteiger partial charge is 0.480 e. The van der Waals surface area contributed by atoms with E-state index in [2.05, 4.69) is 57.6 Å². The highest BCUT2D eigenvalue weighted by Gasteiger charge is 2.22. The summed E-state index contributed by atoms with van der Waals surface area (Å²) in [6, 6.07) is 0. The van der Waals surface area contributed by atoms with Crippen molar-refractivity contribution in [1.29, 1.82) is 0 Å².